The molecule has 106 valence electrons. The van der Waals surface area contributed by atoms with Crippen LogP contribution in [-0.4, -0.2) is 24.8 Å². The Kier molecular flexibility index (Phi) is 5.03. The number of benzene rings is 1. The average Bonchev–Trinajstić information content (AvgIpc) is 2.35. The molecule has 0 atom stereocenters. The summed E-state index contributed by atoms with van der Waals surface area (Å²) in [6.07, 6.45) is 0. The van der Waals surface area contributed by atoms with Gasteiger partial charge in [0.25, 0.3) is 0 Å². The van der Waals surface area contributed by atoms with E-state index in [-0.39, 0.29) is 13.2 Å². The van der Waals surface area contributed by atoms with E-state index in [1.54, 1.807) is 26.0 Å². The minimum Gasteiger partial charge on any atom is -0.493 e. The van der Waals surface area contributed by atoms with Crippen LogP contribution in [0.25, 0.3) is 0 Å². The van der Waals surface area contributed by atoms with Gasteiger partial charge in [-0.15, -0.1) is 0 Å². The fraction of sp³-hybridized carbons (Fsp3) is 0.462. The highest BCUT2D eigenvalue weighted by atomic mass is 35.5. The number of nitrogens with two attached hydrogens (primary N) is 1. The lowest BCUT2D eigenvalue weighted by Gasteiger charge is -2.22. The molecular formula is C13H18ClNO4. The topological polar surface area (TPSA) is 81.8 Å². The Labute approximate surface area is 117 Å². The van der Waals surface area contributed by atoms with E-state index >= 15 is 0 Å². The summed E-state index contributed by atoms with van der Waals surface area (Å²) in [6.45, 7) is 3.40. The Morgan fingerprint density at radius 3 is 2.58 bits per heavy atom. The van der Waals surface area contributed by atoms with Crippen LogP contribution in [0.4, 0.5) is 0 Å². The maximum absolute atomic E-state index is 11.0. The second-order valence-corrected chi connectivity index (χ2v) is 5.21. The highest BCUT2D eigenvalue weighted by Crippen LogP contribution is 2.35. The number of carboxylic acids is 1. The van der Waals surface area contributed by atoms with E-state index in [9.17, 15) is 4.79 Å². The third-order valence-corrected chi connectivity index (χ3v) is 2.91. The highest BCUT2D eigenvalue weighted by molar-refractivity contribution is 6.30. The van der Waals surface area contributed by atoms with Crippen LogP contribution in [0.1, 0.15) is 19.4 Å². The van der Waals surface area contributed by atoms with Gasteiger partial charge in [-0.3, -0.25) is 4.79 Å². The number of halogens is 1. The summed E-state index contributed by atoms with van der Waals surface area (Å²) in [5.74, 6) is -0.0624. The molecule has 1 aromatic carbocycles. The van der Waals surface area contributed by atoms with Gasteiger partial charge in [-0.25, -0.2) is 0 Å². The zero-order valence-electron chi connectivity index (χ0n) is 11.2. The SMILES string of the molecule is COc1cc(Cl)cc(CN)c1OCC(C)(C)C(=O)O. The van der Waals surface area contributed by atoms with E-state index in [1.165, 1.54) is 7.11 Å². The predicted molar refractivity (Wildman–Crippen MR) is 72.8 cm³/mol. The zero-order chi connectivity index (χ0) is 14.6. The number of aliphatic carboxylic acids is 1. The summed E-state index contributed by atoms with van der Waals surface area (Å²) in [4.78, 5) is 11.0. The van der Waals surface area contributed by atoms with Gasteiger partial charge >= 0.3 is 5.97 Å². The first-order valence-corrected chi connectivity index (χ1v) is 6.12. The third-order valence-electron chi connectivity index (χ3n) is 2.69. The van der Waals surface area contributed by atoms with Crippen molar-refractivity contribution in [1.29, 1.82) is 0 Å². The molecule has 1 rings (SSSR count). The Balaban J connectivity index is 3.03. The molecule has 0 heterocycles. The summed E-state index contributed by atoms with van der Waals surface area (Å²) in [5.41, 5.74) is 5.30. The first-order chi connectivity index (χ1) is 8.81. The lowest BCUT2D eigenvalue weighted by molar-refractivity contribution is -0.148. The molecule has 3 N–H and O–H groups in total. The molecule has 0 aliphatic carbocycles. The number of carboxylic acid groups (broad SMARTS) is 1. The third kappa shape index (κ3) is 3.75. The molecule has 0 spiro atoms. The molecule has 0 bridgehead atoms. The first-order valence-electron chi connectivity index (χ1n) is 5.74. The molecule has 0 amide bonds. The number of ether oxygens (including phenoxy) is 2. The minimum absolute atomic E-state index is 0.00727. The zero-order valence-corrected chi connectivity index (χ0v) is 12.0. The van der Waals surface area contributed by atoms with Gasteiger partial charge in [-0.1, -0.05) is 11.6 Å². The highest BCUT2D eigenvalue weighted by Gasteiger charge is 2.29. The summed E-state index contributed by atoms with van der Waals surface area (Å²) < 4.78 is 10.8. The van der Waals surface area contributed by atoms with Crippen LogP contribution in [0.2, 0.25) is 5.02 Å². The van der Waals surface area contributed by atoms with Crippen molar-refractivity contribution in [2.45, 2.75) is 20.4 Å². The van der Waals surface area contributed by atoms with Crippen molar-refractivity contribution in [1.82, 2.24) is 0 Å². The van der Waals surface area contributed by atoms with E-state index in [2.05, 4.69) is 0 Å². The van der Waals surface area contributed by atoms with Crippen LogP contribution in [0.15, 0.2) is 12.1 Å². The molecule has 1 aromatic rings. The molecule has 0 aliphatic rings. The molecule has 5 nitrogen and oxygen atoms in total. The van der Waals surface area contributed by atoms with E-state index in [0.29, 0.717) is 22.1 Å². The molecular weight excluding hydrogens is 270 g/mol. The van der Waals surface area contributed by atoms with Crippen LogP contribution in [-0.2, 0) is 11.3 Å². The summed E-state index contributed by atoms with van der Waals surface area (Å²) in [7, 11) is 1.49. The van der Waals surface area contributed by atoms with Crippen molar-refractivity contribution in [2.75, 3.05) is 13.7 Å². The number of rotatable bonds is 6. The van der Waals surface area contributed by atoms with Gasteiger partial charge in [0, 0.05) is 23.2 Å². The van der Waals surface area contributed by atoms with Crippen molar-refractivity contribution in [2.24, 2.45) is 11.1 Å². The summed E-state index contributed by atoms with van der Waals surface area (Å²) in [6, 6.07) is 3.27. The Morgan fingerprint density at radius 1 is 1.47 bits per heavy atom. The van der Waals surface area contributed by atoms with Crippen molar-refractivity contribution >= 4 is 17.6 Å². The van der Waals surface area contributed by atoms with Crippen LogP contribution in [0.5, 0.6) is 11.5 Å². The predicted octanol–water partition coefficient (Wildman–Crippen LogP) is 2.30. The van der Waals surface area contributed by atoms with Gasteiger partial charge in [0.15, 0.2) is 11.5 Å². The maximum atomic E-state index is 11.0. The van der Waals surface area contributed by atoms with Crippen molar-refractivity contribution in [3.63, 3.8) is 0 Å². The maximum Gasteiger partial charge on any atom is 0.312 e. The summed E-state index contributed by atoms with van der Waals surface area (Å²) >= 11 is 5.93. The number of hydrogen-bond acceptors (Lipinski definition) is 4. The lowest BCUT2D eigenvalue weighted by Crippen LogP contribution is -2.31. The van der Waals surface area contributed by atoms with Crippen molar-refractivity contribution in [3.8, 4) is 11.5 Å². The molecule has 0 fully saturated rings. The fourth-order valence-corrected chi connectivity index (χ4v) is 1.63. The van der Waals surface area contributed by atoms with Crippen LogP contribution >= 0.6 is 11.6 Å². The van der Waals surface area contributed by atoms with Crippen molar-refractivity contribution in [3.05, 3.63) is 22.7 Å². The minimum atomic E-state index is -1.00. The molecule has 0 saturated carbocycles. The smallest absolute Gasteiger partial charge is 0.312 e. The van der Waals surface area contributed by atoms with E-state index in [1.807, 2.05) is 0 Å². The van der Waals surface area contributed by atoms with Crippen LogP contribution in [0.3, 0.4) is 0 Å². The number of methoxy groups -OCH3 is 1. The molecule has 0 radical (unpaired) electrons. The fourth-order valence-electron chi connectivity index (χ4n) is 1.40. The second kappa shape index (κ2) is 6.12. The Bertz CT molecular complexity index is 449. The largest absolute Gasteiger partial charge is 0.493 e. The first kappa shape index (κ1) is 15.6. The van der Waals surface area contributed by atoms with Crippen LogP contribution in [0, 0.1) is 5.41 Å². The van der Waals surface area contributed by atoms with Gasteiger partial charge in [-0.2, -0.15) is 0 Å². The van der Waals surface area contributed by atoms with Gasteiger partial charge in [0.2, 0.25) is 0 Å². The molecule has 0 aromatic heterocycles. The second-order valence-electron chi connectivity index (χ2n) is 4.78. The van der Waals surface area contributed by atoms with Crippen molar-refractivity contribution < 1.29 is 19.4 Å². The number of carbonyl (C=O) groups is 1. The van der Waals surface area contributed by atoms with E-state index < -0.39 is 11.4 Å². The van der Waals surface area contributed by atoms with Gasteiger partial charge in [0.05, 0.1) is 12.5 Å². The average molecular weight is 288 g/mol. The Morgan fingerprint density at radius 2 is 2.11 bits per heavy atom. The van der Waals surface area contributed by atoms with E-state index in [0.717, 1.165) is 0 Å². The summed E-state index contributed by atoms with van der Waals surface area (Å²) in [5, 5.41) is 9.55. The van der Waals surface area contributed by atoms with Gasteiger partial charge < -0.3 is 20.3 Å². The molecule has 0 unspecified atom stereocenters. The van der Waals surface area contributed by atoms with Crippen LogP contribution < -0.4 is 15.2 Å². The normalized spacial score (nSPS) is 11.2. The van der Waals surface area contributed by atoms with E-state index in [4.69, 9.17) is 31.9 Å². The van der Waals surface area contributed by atoms with Gasteiger partial charge in [0.1, 0.15) is 6.61 Å². The molecule has 6 heteroatoms. The molecule has 0 aliphatic heterocycles. The van der Waals surface area contributed by atoms with Gasteiger partial charge in [-0.05, 0) is 19.9 Å². The number of hydrogen-bond donors (Lipinski definition) is 2. The quantitative estimate of drug-likeness (QED) is 0.839. The Hall–Kier alpha value is -1.46. The monoisotopic (exact) mass is 287 g/mol. The lowest BCUT2D eigenvalue weighted by atomic mass is 9.95. The molecule has 0 saturated heterocycles. The molecule has 19 heavy (non-hydrogen) atoms. The standard InChI is InChI=1S/C13H18ClNO4/c1-13(2,12(16)17)7-19-11-8(6-15)4-9(14)5-10(11)18-3/h4-5H,6-7,15H2,1-3H3,(H,16,17).